The fourth-order valence-electron chi connectivity index (χ4n) is 2.02. The van der Waals surface area contributed by atoms with Gasteiger partial charge in [0.25, 0.3) is 0 Å². The molecule has 0 saturated carbocycles. The van der Waals surface area contributed by atoms with Crippen molar-refractivity contribution < 1.29 is 0 Å². The number of benzene rings is 1. The van der Waals surface area contributed by atoms with Gasteiger partial charge in [-0.15, -0.1) is 0 Å². The fourth-order valence-corrected chi connectivity index (χ4v) is 3.32. The summed E-state index contributed by atoms with van der Waals surface area (Å²) in [5.41, 5.74) is 2.15. The third-order valence-corrected chi connectivity index (χ3v) is 4.13. The summed E-state index contributed by atoms with van der Waals surface area (Å²) in [5, 5.41) is 0.749. The molecule has 5 heteroatoms. The Balaban J connectivity index is 2.62. The second-order valence-corrected chi connectivity index (χ2v) is 5.71. The number of hydrogen-bond acceptors (Lipinski definition) is 2. The molecule has 2 aromatic rings. The van der Waals surface area contributed by atoms with Crippen LogP contribution in [0.2, 0.25) is 5.02 Å². The highest BCUT2D eigenvalue weighted by Crippen LogP contribution is 2.25. The van der Waals surface area contributed by atoms with Crippen molar-refractivity contribution in [3.63, 3.8) is 0 Å². The Hall–Kier alpha value is -0.450. The lowest BCUT2D eigenvalue weighted by Gasteiger charge is -2.16. The summed E-state index contributed by atoms with van der Waals surface area (Å²) in [7, 11) is 0. The van der Waals surface area contributed by atoms with Crippen LogP contribution >= 0.6 is 35.6 Å². The molecule has 1 atom stereocenters. The SMILES string of the molecule is CCC(CSC)n1c(=S)[nH]c2ccc(Cl)cc21. The van der Waals surface area contributed by atoms with E-state index in [0.717, 1.165) is 33.0 Å². The van der Waals surface area contributed by atoms with Gasteiger partial charge in [-0.2, -0.15) is 11.8 Å². The van der Waals surface area contributed by atoms with E-state index in [4.69, 9.17) is 23.8 Å². The number of halogens is 1. The van der Waals surface area contributed by atoms with Crippen molar-refractivity contribution in [3.05, 3.63) is 28.0 Å². The van der Waals surface area contributed by atoms with E-state index in [1.54, 1.807) is 0 Å². The van der Waals surface area contributed by atoms with Crippen molar-refractivity contribution >= 4 is 46.6 Å². The van der Waals surface area contributed by atoms with Gasteiger partial charge < -0.3 is 9.55 Å². The van der Waals surface area contributed by atoms with Crippen LogP contribution in [0.1, 0.15) is 19.4 Å². The molecule has 0 radical (unpaired) electrons. The molecule has 1 unspecified atom stereocenters. The van der Waals surface area contributed by atoms with E-state index in [9.17, 15) is 0 Å². The molecular weight excluding hydrogens is 272 g/mol. The highest BCUT2D eigenvalue weighted by atomic mass is 35.5. The number of fused-ring (bicyclic) bond motifs is 1. The monoisotopic (exact) mass is 286 g/mol. The zero-order chi connectivity index (χ0) is 12.4. The summed E-state index contributed by atoms with van der Waals surface area (Å²) < 4.78 is 2.97. The molecule has 1 heterocycles. The van der Waals surface area contributed by atoms with Crippen LogP contribution in [0.25, 0.3) is 11.0 Å². The molecule has 0 amide bonds. The molecule has 92 valence electrons. The van der Waals surface area contributed by atoms with E-state index in [0.29, 0.717) is 6.04 Å². The molecule has 1 N–H and O–H groups in total. The lowest BCUT2D eigenvalue weighted by atomic mass is 10.2. The Morgan fingerprint density at radius 3 is 2.94 bits per heavy atom. The summed E-state index contributed by atoms with van der Waals surface area (Å²) in [6, 6.07) is 6.27. The number of nitrogens with zero attached hydrogens (tertiary/aromatic N) is 1. The van der Waals surface area contributed by atoms with Gasteiger partial charge in [0.1, 0.15) is 0 Å². The Morgan fingerprint density at radius 1 is 1.53 bits per heavy atom. The summed E-state index contributed by atoms with van der Waals surface area (Å²) in [5.74, 6) is 1.06. The maximum Gasteiger partial charge on any atom is 0.178 e. The van der Waals surface area contributed by atoms with Gasteiger partial charge in [0.2, 0.25) is 0 Å². The molecule has 0 saturated heterocycles. The summed E-state index contributed by atoms with van der Waals surface area (Å²) in [4.78, 5) is 3.24. The number of nitrogens with one attached hydrogen (secondary N) is 1. The van der Waals surface area contributed by atoms with Crippen molar-refractivity contribution in [2.45, 2.75) is 19.4 Å². The van der Waals surface area contributed by atoms with Crippen LogP contribution in [0.5, 0.6) is 0 Å². The lowest BCUT2D eigenvalue weighted by Crippen LogP contribution is -2.10. The zero-order valence-corrected chi connectivity index (χ0v) is 12.3. The molecule has 2 rings (SSSR count). The molecule has 1 aromatic heterocycles. The highest BCUT2D eigenvalue weighted by molar-refractivity contribution is 7.98. The Morgan fingerprint density at radius 2 is 2.29 bits per heavy atom. The summed E-state index contributed by atoms with van der Waals surface area (Å²) >= 11 is 13.3. The minimum atomic E-state index is 0.421. The van der Waals surface area contributed by atoms with Crippen molar-refractivity contribution in [1.29, 1.82) is 0 Å². The van der Waals surface area contributed by atoms with E-state index in [2.05, 4.69) is 22.7 Å². The van der Waals surface area contributed by atoms with Crippen LogP contribution in [0.4, 0.5) is 0 Å². The van der Waals surface area contributed by atoms with Gasteiger partial charge in [0.15, 0.2) is 4.77 Å². The highest BCUT2D eigenvalue weighted by Gasteiger charge is 2.13. The number of H-pyrrole nitrogens is 1. The molecule has 17 heavy (non-hydrogen) atoms. The van der Waals surface area contributed by atoms with E-state index in [1.165, 1.54) is 0 Å². The second-order valence-electron chi connectivity index (χ2n) is 3.98. The van der Waals surface area contributed by atoms with Crippen LogP contribution in [0.3, 0.4) is 0 Å². The van der Waals surface area contributed by atoms with Gasteiger partial charge in [-0.3, -0.25) is 0 Å². The molecule has 1 aromatic carbocycles. The van der Waals surface area contributed by atoms with Crippen LogP contribution in [-0.2, 0) is 0 Å². The van der Waals surface area contributed by atoms with E-state index >= 15 is 0 Å². The van der Waals surface area contributed by atoms with Gasteiger partial charge in [0, 0.05) is 16.8 Å². The van der Waals surface area contributed by atoms with Gasteiger partial charge in [-0.1, -0.05) is 18.5 Å². The predicted octanol–water partition coefficient (Wildman–Crippen LogP) is 4.67. The number of hydrogen-bond donors (Lipinski definition) is 1. The Labute approximate surface area is 115 Å². The average molecular weight is 287 g/mol. The number of aromatic nitrogens is 2. The normalized spacial score (nSPS) is 13.1. The number of rotatable bonds is 4. The van der Waals surface area contributed by atoms with Crippen molar-refractivity contribution in [2.75, 3.05) is 12.0 Å². The molecule has 0 spiro atoms. The van der Waals surface area contributed by atoms with Crippen molar-refractivity contribution in [3.8, 4) is 0 Å². The van der Waals surface area contributed by atoms with Crippen molar-refractivity contribution in [2.24, 2.45) is 0 Å². The first-order valence-electron chi connectivity index (χ1n) is 5.56. The topological polar surface area (TPSA) is 20.7 Å². The van der Waals surface area contributed by atoms with Crippen molar-refractivity contribution in [1.82, 2.24) is 9.55 Å². The van der Waals surface area contributed by atoms with Crippen LogP contribution in [0.15, 0.2) is 18.2 Å². The molecule has 0 aliphatic rings. The molecule has 0 aliphatic carbocycles. The van der Waals surface area contributed by atoms with Crippen LogP contribution in [0, 0.1) is 4.77 Å². The third kappa shape index (κ3) is 2.54. The number of thioether (sulfide) groups is 1. The van der Waals surface area contributed by atoms with E-state index < -0.39 is 0 Å². The largest absolute Gasteiger partial charge is 0.331 e. The number of imidazole rings is 1. The van der Waals surface area contributed by atoms with E-state index in [1.807, 2.05) is 30.0 Å². The Bertz CT molecular complexity index is 573. The van der Waals surface area contributed by atoms with Gasteiger partial charge >= 0.3 is 0 Å². The minimum absolute atomic E-state index is 0.421. The quantitative estimate of drug-likeness (QED) is 0.825. The zero-order valence-electron chi connectivity index (χ0n) is 9.87. The van der Waals surface area contributed by atoms with Gasteiger partial charge in [-0.05, 0) is 43.1 Å². The second kappa shape index (κ2) is 5.46. The maximum atomic E-state index is 6.06. The molecular formula is C12H15ClN2S2. The Kier molecular flexibility index (Phi) is 4.17. The predicted molar refractivity (Wildman–Crippen MR) is 79.8 cm³/mol. The first-order chi connectivity index (χ1) is 8.17. The smallest absolute Gasteiger partial charge is 0.178 e. The average Bonchev–Trinajstić information content (AvgIpc) is 2.62. The fraction of sp³-hybridized carbons (Fsp3) is 0.417. The first kappa shape index (κ1) is 13.0. The third-order valence-electron chi connectivity index (χ3n) is 2.88. The lowest BCUT2D eigenvalue weighted by molar-refractivity contribution is 0.548. The molecule has 2 nitrogen and oxygen atoms in total. The standard InChI is InChI=1S/C12H15ClN2S2/c1-3-9(7-17-2)15-11-6-8(13)4-5-10(11)14-12(15)16/h4-6,9H,3,7H2,1-2H3,(H,14,16). The first-order valence-corrected chi connectivity index (χ1v) is 7.74. The maximum absolute atomic E-state index is 6.06. The van der Waals surface area contributed by atoms with Crippen LogP contribution in [-0.4, -0.2) is 21.6 Å². The van der Waals surface area contributed by atoms with E-state index in [-0.39, 0.29) is 0 Å². The van der Waals surface area contributed by atoms with Gasteiger partial charge in [0.05, 0.1) is 11.0 Å². The molecule has 0 bridgehead atoms. The molecule has 0 aliphatic heterocycles. The molecule has 0 fully saturated rings. The van der Waals surface area contributed by atoms with Gasteiger partial charge in [-0.25, -0.2) is 0 Å². The number of aromatic amines is 1. The van der Waals surface area contributed by atoms with Crippen LogP contribution < -0.4 is 0 Å². The minimum Gasteiger partial charge on any atom is -0.331 e. The summed E-state index contributed by atoms with van der Waals surface area (Å²) in [6.07, 6.45) is 3.18. The summed E-state index contributed by atoms with van der Waals surface area (Å²) in [6.45, 7) is 2.19.